The maximum atomic E-state index is 11.9. The maximum absolute atomic E-state index is 11.9. The lowest BCUT2D eigenvalue weighted by Gasteiger charge is -2.23. The molecule has 2 amide bonds. The van der Waals surface area contributed by atoms with Crippen LogP contribution in [0.1, 0.15) is 13.3 Å². The summed E-state index contributed by atoms with van der Waals surface area (Å²) in [5.41, 5.74) is -0.417. The van der Waals surface area contributed by atoms with E-state index in [1.165, 1.54) is 11.8 Å². The molecule has 1 atom stereocenters. The van der Waals surface area contributed by atoms with Gasteiger partial charge in [-0.1, -0.05) is 12.1 Å². The number of carbonyl (C=O) groups excluding carboxylic acids is 2. The highest BCUT2D eigenvalue weighted by molar-refractivity contribution is 7.98. The molecular formula is C15H22N2O3S2. The average Bonchev–Trinajstić information content (AvgIpc) is 2.51. The third-order valence-corrected chi connectivity index (χ3v) is 4.44. The fourth-order valence-electron chi connectivity index (χ4n) is 1.69. The molecular weight excluding hydrogens is 320 g/mol. The van der Waals surface area contributed by atoms with Crippen molar-refractivity contribution < 1.29 is 14.7 Å². The first-order valence-electron chi connectivity index (χ1n) is 6.83. The van der Waals surface area contributed by atoms with Gasteiger partial charge in [0.05, 0.1) is 11.3 Å². The van der Waals surface area contributed by atoms with Crippen molar-refractivity contribution in [3.8, 4) is 0 Å². The second-order valence-electron chi connectivity index (χ2n) is 5.08. The van der Waals surface area contributed by atoms with Crippen molar-refractivity contribution in [3.63, 3.8) is 0 Å². The Balaban J connectivity index is 2.54. The van der Waals surface area contributed by atoms with Crippen molar-refractivity contribution in [2.24, 2.45) is 0 Å². The van der Waals surface area contributed by atoms with Gasteiger partial charge >= 0.3 is 11.8 Å². The molecule has 1 aromatic carbocycles. The Kier molecular flexibility index (Phi) is 7.78. The van der Waals surface area contributed by atoms with Gasteiger partial charge in [0.2, 0.25) is 0 Å². The van der Waals surface area contributed by atoms with Crippen LogP contribution in [0.25, 0.3) is 0 Å². The van der Waals surface area contributed by atoms with Crippen molar-refractivity contribution >= 4 is 41.0 Å². The molecule has 122 valence electrons. The third-order valence-electron chi connectivity index (χ3n) is 3.04. The van der Waals surface area contributed by atoms with E-state index in [0.29, 0.717) is 12.1 Å². The number of amides is 2. The predicted octanol–water partition coefficient (Wildman–Crippen LogP) is 1.97. The van der Waals surface area contributed by atoms with E-state index in [-0.39, 0.29) is 6.54 Å². The Morgan fingerprint density at radius 2 is 1.91 bits per heavy atom. The molecule has 0 bridgehead atoms. The summed E-state index contributed by atoms with van der Waals surface area (Å²) in [6.45, 7) is 1.69. The Morgan fingerprint density at radius 3 is 2.55 bits per heavy atom. The minimum Gasteiger partial charge on any atom is -0.388 e. The topological polar surface area (TPSA) is 78.4 Å². The van der Waals surface area contributed by atoms with Crippen LogP contribution in [0.5, 0.6) is 0 Å². The second kappa shape index (κ2) is 9.07. The molecule has 0 saturated heterocycles. The van der Waals surface area contributed by atoms with Gasteiger partial charge in [-0.15, -0.1) is 11.8 Å². The first-order chi connectivity index (χ1) is 10.4. The molecule has 0 aliphatic heterocycles. The van der Waals surface area contributed by atoms with Crippen LogP contribution in [0.4, 0.5) is 5.69 Å². The van der Waals surface area contributed by atoms with Crippen LogP contribution in [-0.2, 0) is 9.59 Å². The lowest BCUT2D eigenvalue weighted by atomic mass is 10.0. The summed E-state index contributed by atoms with van der Waals surface area (Å²) in [5.74, 6) is -0.696. The summed E-state index contributed by atoms with van der Waals surface area (Å²) in [5, 5.41) is 15.1. The summed E-state index contributed by atoms with van der Waals surface area (Å²) in [4.78, 5) is 24.6. The average molecular weight is 342 g/mol. The molecule has 0 spiro atoms. The molecule has 0 aliphatic rings. The minimum absolute atomic E-state index is 0.0456. The summed E-state index contributed by atoms with van der Waals surface area (Å²) < 4.78 is 0. The number of benzene rings is 1. The van der Waals surface area contributed by atoms with Gasteiger partial charge in [0.25, 0.3) is 0 Å². The van der Waals surface area contributed by atoms with Crippen LogP contribution < -0.4 is 10.6 Å². The molecule has 1 aromatic rings. The van der Waals surface area contributed by atoms with E-state index in [4.69, 9.17) is 0 Å². The normalized spacial score (nSPS) is 13.3. The van der Waals surface area contributed by atoms with Gasteiger partial charge in [0, 0.05) is 11.4 Å². The number of carbonyl (C=O) groups is 2. The number of hydrogen-bond donors (Lipinski definition) is 3. The van der Waals surface area contributed by atoms with Crippen molar-refractivity contribution in [1.82, 2.24) is 5.32 Å². The lowest BCUT2D eigenvalue weighted by molar-refractivity contribution is -0.136. The second-order valence-corrected chi connectivity index (χ2v) is 6.91. The van der Waals surface area contributed by atoms with Gasteiger partial charge in [-0.2, -0.15) is 11.8 Å². The van der Waals surface area contributed by atoms with Gasteiger partial charge in [0.15, 0.2) is 0 Å². The third kappa shape index (κ3) is 6.29. The first kappa shape index (κ1) is 18.9. The Bertz CT molecular complexity index is 521. The quantitative estimate of drug-likeness (QED) is 0.521. The van der Waals surface area contributed by atoms with Crippen LogP contribution in [-0.4, -0.2) is 47.3 Å². The molecule has 0 radical (unpaired) electrons. The molecule has 5 nitrogen and oxygen atoms in total. The molecule has 0 saturated carbocycles. The van der Waals surface area contributed by atoms with Crippen molar-refractivity contribution in [2.75, 3.05) is 30.1 Å². The van der Waals surface area contributed by atoms with Crippen LogP contribution in [0, 0.1) is 0 Å². The van der Waals surface area contributed by atoms with Crippen LogP contribution >= 0.6 is 23.5 Å². The van der Waals surface area contributed by atoms with E-state index >= 15 is 0 Å². The number of para-hydroxylation sites is 1. The van der Waals surface area contributed by atoms with Gasteiger partial charge in [-0.05, 0) is 43.7 Å². The molecule has 0 aliphatic carbocycles. The Labute approximate surface area is 139 Å². The maximum Gasteiger partial charge on any atom is 0.313 e. The fourth-order valence-corrected chi connectivity index (χ4v) is 2.89. The monoisotopic (exact) mass is 342 g/mol. The molecule has 1 rings (SSSR count). The zero-order valence-electron chi connectivity index (χ0n) is 13.0. The highest BCUT2D eigenvalue weighted by atomic mass is 32.2. The lowest BCUT2D eigenvalue weighted by Crippen LogP contribution is -2.44. The van der Waals surface area contributed by atoms with E-state index in [1.807, 2.05) is 24.6 Å². The van der Waals surface area contributed by atoms with Crippen LogP contribution in [0.15, 0.2) is 29.2 Å². The van der Waals surface area contributed by atoms with Gasteiger partial charge in [0.1, 0.15) is 0 Å². The van der Waals surface area contributed by atoms with E-state index in [2.05, 4.69) is 10.6 Å². The van der Waals surface area contributed by atoms with Gasteiger partial charge in [-0.3, -0.25) is 9.59 Å². The summed E-state index contributed by atoms with van der Waals surface area (Å²) in [6.07, 6.45) is 4.39. The molecule has 0 fully saturated rings. The zero-order chi connectivity index (χ0) is 16.6. The first-order valence-corrected chi connectivity index (χ1v) is 9.45. The smallest absolute Gasteiger partial charge is 0.313 e. The molecule has 1 unspecified atom stereocenters. The molecule has 0 aromatic heterocycles. The Hall–Kier alpha value is -1.18. The summed E-state index contributed by atoms with van der Waals surface area (Å²) >= 11 is 3.11. The molecule has 0 heterocycles. The molecule has 3 N–H and O–H groups in total. The van der Waals surface area contributed by atoms with E-state index < -0.39 is 17.4 Å². The highest BCUT2D eigenvalue weighted by Gasteiger charge is 2.23. The number of nitrogens with one attached hydrogen (secondary N) is 2. The largest absolute Gasteiger partial charge is 0.388 e. The summed E-state index contributed by atoms with van der Waals surface area (Å²) in [6, 6.07) is 7.27. The SMILES string of the molecule is CSCCC(C)(O)CNC(=O)C(=O)Nc1ccccc1SC. The standard InChI is InChI=1S/C15H22N2O3S2/c1-15(20,8-9-21-2)10-16-13(18)14(19)17-11-6-4-5-7-12(11)22-3/h4-7,20H,8-10H2,1-3H3,(H,16,18)(H,17,19). The number of hydrogen-bond acceptors (Lipinski definition) is 5. The van der Waals surface area contributed by atoms with Gasteiger partial charge in [-0.25, -0.2) is 0 Å². The molecule has 22 heavy (non-hydrogen) atoms. The van der Waals surface area contributed by atoms with Gasteiger partial charge < -0.3 is 15.7 Å². The van der Waals surface area contributed by atoms with Crippen molar-refractivity contribution in [2.45, 2.75) is 23.8 Å². The van der Waals surface area contributed by atoms with Crippen molar-refractivity contribution in [1.29, 1.82) is 0 Å². The van der Waals surface area contributed by atoms with Crippen LogP contribution in [0.3, 0.4) is 0 Å². The number of aliphatic hydroxyl groups is 1. The van der Waals surface area contributed by atoms with E-state index in [1.54, 1.807) is 30.8 Å². The number of rotatable bonds is 7. The number of thioether (sulfide) groups is 2. The minimum atomic E-state index is -1.02. The molecule has 7 heteroatoms. The van der Waals surface area contributed by atoms with E-state index in [0.717, 1.165) is 10.6 Å². The van der Waals surface area contributed by atoms with Crippen LogP contribution in [0.2, 0.25) is 0 Å². The zero-order valence-corrected chi connectivity index (χ0v) is 14.6. The number of anilines is 1. The predicted molar refractivity (Wildman–Crippen MR) is 93.5 cm³/mol. The Morgan fingerprint density at radius 1 is 1.23 bits per heavy atom. The highest BCUT2D eigenvalue weighted by Crippen LogP contribution is 2.24. The van der Waals surface area contributed by atoms with E-state index in [9.17, 15) is 14.7 Å². The van der Waals surface area contributed by atoms with Crippen molar-refractivity contribution in [3.05, 3.63) is 24.3 Å². The fraction of sp³-hybridized carbons (Fsp3) is 0.467. The summed E-state index contributed by atoms with van der Waals surface area (Å²) in [7, 11) is 0.